The van der Waals surface area contributed by atoms with Gasteiger partial charge in [0.2, 0.25) is 0 Å². The summed E-state index contributed by atoms with van der Waals surface area (Å²) in [6.07, 6.45) is 1.56. The normalized spacial score (nSPS) is 10.3. The van der Waals surface area contributed by atoms with Gasteiger partial charge in [0.15, 0.2) is 5.82 Å². The van der Waals surface area contributed by atoms with E-state index in [2.05, 4.69) is 32.6 Å². The van der Waals surface area contributed by atoms with E-state index in [1.165, 1.54) is 12.1 Å². The van der Waals surface area contributed by atoms with Gasteiger partial charge in [-0.2, -0.15) is 5.10 Å². The Kier molecular flexibility index (Phi) is 3.52. The van der Waals surface area contributed by atoms with E-state index in [0.717, 1.165) is 4.48 Å². The fourth-order valence-corrected chi connectivity index (χ4v) is 1.69. The van der Waals surface area contributed by atoms with Crippen molar-refractivity contribution < 1.29 is 4.92 Å². The molecule has 0 saturated heterocycles. The summed E-state index contributed by atoms with van der Waals surface area (Å²) in [6.45, 7) is 4.21. The topological polar surface area (TPSA) is 73.8 Å². The van der Waals surface area contributed by atoms with Gasteiger partial charge in [-0.1, -0.05) is 34.6 Å². The third-order valence-electron chi connectivity index (χ3n) is 2.19. The standard InChI is InChI=1S/C11H9BrN4O2/c1-8(12)6-15-7-13-11(14-15)9-3-2-4-10(5-9)16(17)18/h2-5,7H,1,6H2. The van der Waals surface area contributed by atoms with Crippen LogP contribution in [-0.2, 0) is 6.54 Å². The van der Waals surface area contributed by atoms with Crippen molar-refractivity contribution >= 4 is 21.6 Å². The minimum atomic E-state index is -0.444. The first-order valence-corrected chi connectivity index (χ1v) is 5.83. The molecule has 18 heavy (non-hydrogen) atoms. The SMILES string of the molecule is C=C(Br)Cn1cnc(-c2cccc([N+](=O)[O-])c2)n1. The van der Waals surface area contributed by atoms with Crippen molar-refractivity contribution in [3.63, 3.8) is 0 Å². The van der Waals surface area contributed by atoms with Crippen LogP contribution in [0.1, 0.15) is 0 Å². The molecular formula is C11H9BrN4O2. The molecule has 6 nitrogen and oxygen atoms in total. The highest BCUT2D eigenvalue weighted by Gasteiger charge is 2.10. The summed E-state index contributed by atoms with van der Waals surface area (Å²) in [5.74, 6) is 0.451. The lowest BCUT2D eigenvalue weighted by Crippen LogP contribution is -1.97. The summed E-state index contributed by atoms with van der Waals surface area (Å²) in [6, 6.07) is 6.22. The molecule has 92 valence electrons. The molecule has 1 heterocycles. The van der Waals surface area contributed by atoms with E-state index in [1.54, 1.807) is 23.1 Å². The van der Waals surface area contributed by atoms with Gasteiger partial charge in [0, 0.05) is 22.2 Å². The Morgan fingerprint density at radius 3 is 3.00 bits per heavy atom. The fourth-order valence-electron chi connectivity index (χ4n) is 1.44. The summed E-state index contributed by atoms with van der Waals surface area (Å²) >= 11 is 3.23. The van der Waals surface area contributed by atoms with E-state index < -0.39 is 4.92 Å². The van der Waals surface area contributed by atoms with Crippen molar-refractivity contribution in [2.75, 3.05) is 0 Å². The van der Waals surface area contributed by atoms with Gasteiger partial charge in [0.25, 0.3) is 5.69 Å². The van der Waals surface area contributed by atoms with E-state index in [9.17, 15) is 10.1 Å². The lowest BCUT2D eigenvalue weighted by atomic mass is 10.2. The summed E-state index contributed by atoms with van der Waals surface area (Å²) in [5.41, 5.74) is 0.636. The van der Waals surface area contributed by atoms with Crippen LogP contribution in [0.3, 0.4) is 0 Å². The van der Waals surface area contributed by atoms with Crippen molar-refractivity contribution in [3.05, 3.63) is 51.8 Å². The molecule has 0 fully saturated rings. The third-order valence-corrected chi connectivity index (χ3v) is 2.44. The predicted molar refractivity (Wildman–Crippen MR) is 70.2 cm³/mol. The van der Waals surface area contributed by atoms with Crippen molar-refractivity contribution in [2.24, 2.45) is 0 Å². The number of nitro benzene ring substituents is 1. The van der Waals surface area contributed by atoms with Crippen molar-refractivity contribution in [1.29, 1.82) is 0 Å². The van der Waals surface area contributed by atoms with Crippen LogP contribution >= 0.6 is 15.9 Å². The molecule has 2 aromatic rings. The van der Waals surface area contributed by atoms with Gasteiger partial charge in [-0.3, -0.25) is 10.1 Å². The molecular weight excluding hydrogens is 300 g/mol. The largest absolute Gasteiger partial charge is 0.270 e. The number of halogens is 1. The monoisotopic (exact) mass is 308 g/mol. The average molecular weight is 309 g/mol. The zero-order valence-electron chi connectivity index (χ0n) is 9.28. The highest BCUT2D eigenvalue weighted by atomic mass is 79.9. The van der Waals surface area contributed by atoms with Crippen LogP contribution in [0.15, 0.2) is 41.7 Å². The second-order valence-electron chi connectivity index (χ2n) is 3.59. The lowest BCUT2D eigenvalue weighted by molar-refractivity contribution is -0.384. The Hall–Kier alpha value is -2.02. The highest BCUT2D eigenvalue weighted by Crippen LogP contribution is 2.20. The first-order valence-electron chi connectivity index (χ1n) is 5.04. The van der Waals surface area contributed by atoms with E-state index in [0.29, 0.717) is 17.9 Å². The molecule has 0 amide bonds. The van der Waals surface area contributed by atoms with Crippen molar-refractivity contribution in [3.8, 4) is 11.4 Å². The van der Waals surface area contributed by atoms with Gasteiger partial charge in [0.1, 0.15) is 6.33 Å². The Morgan fingerprint density at radius 1 is 1.56 bits per heavy atom. The van der Waals surface area contributed by atoms with Gasteiger partial charge in [-0.05, 0) is 0 Å². The molecule has 0 radical (unpaired) electrons. The maximum absolute atomic E-state index is 10.7. The maximum Gasteiger partial charge on any atom is 0.270 e. The number of hydrogen-bond acceptors (Lipinski definition) is 4. The second kappa shape index (κ2) is 5.09. The molecule has 0 saturated carbocycles. The van der Waals surface area contributed by atoms with Gasteiger partial charge in [0.05, 0.1) is 11.5 Å². The summed E-state index contributed by atoms with van der Waals surface area (Å²) < 4.78 is 2.38. The maximum atomic E-state index is 10.7. The number of hydrogen-bond donors (Lipinski definition) is 0. The van der Waals surface area contributed by atoms with Gasteiger partial charge in [-0.25, -0.2) is 9.67 Å². The molecule has 1 aromatic carbocycles. The first-order chi connectivity index (χ1) is 8.56. The number of benzene rings is 1. The molecule has 1 aromatic heterocycles. The van der Waals surface area contributed by atoms with Gasteiger partial charge < -0.3 is 0 Å². The minimum Gasteiger partial charge on any atom is -0.258 e. The van der Waals surface area contributed by atoms with Crippen LogP contribution in [0, 0.1) is 10.1 Å². The Labute approximate surface area is 111 Å². The van der Waals surface area contributed by atoms with Crippen molar-refractivity contribution in [2.45, 2.75) is 6.54 Å². The van der Waals surface area contributed by atoms with E-state index in [1.807, 2.05) is 0 Å². The van der Waals surface area contributed by atoms with E-state index in [-0.39, 0.29) is 5.69 Å². The molecule has 0 unspecified atom stereocenters. The Bertz CT molecular complexity index is 609. The molecule has 0 aliphatic rings. The Morgan fingerprint density at radius 2 is 2.33 bits per heavy atom. The quantitative estimate of drug-likeness (QED) is 0.643. The average Bonchev–Trinajstić information content (AvgIpc) is 2.77. The van der Waals surface area contributed by atoms with Gasteiger partial charge in [-0.15, -0.1) is 0 Å². The minimum absolute atomic E-state index is 0.0220. The third kappa shape index (κ3) is 2.80. The number of aromatic nitrogens is 3. The Balaban J connectivity index is 2.31. The van der Waals surface area contributed by atoms with Crippen LogP contribution in [0.2, 0.25) is 0 Å². The number of allylic oxidation sites excluding steroid dienone is 1. The summed E-state index contributed by atoms with van der Waals surface area (Å²) in [4.78, 5) is 14.3. The highest BCUT2D eigenvalue weighted by molar-refractivity contribution is 9.11. The number of nitrogens with zero attached hydrogens (tertiary/aromatic N) is 4. The van der Waals surface area contributed by atoms with Crippen LogP contribution < -0.4 is 0 Å². The molecule has 0 atom stereocenters. The summed E-state index contributed by atoms with van der Waals surface area (Å²) in [7, 11) is 0. The van der Waals surface area contributed by atoms with Crippen LogP contribution in [0.25, 0.3) is 11.4 Å². The van der Waals surface area contributed by atoms with Gasteiger partial charge >= 0.3 is 0 Å². The molecule has 0 bridgehead atoms. The van der Waals surface area contributed by atoms with E-state index in [4.69, 9.17) is 0 Å². The second-order valence-corrected chi connectivity index (χ2v) is 4.71. The zero-order valence-corrected chi connectivity index (χ0v) is 10.9. The van der Waals surface area contributed by atoms with Crippen LogP contribution in [-0.4, -0.2) is 19.7 Å². The molecule has 0 aliphatic carbocycles. The molecule has 0 N–H and O–H groups in total. The van der Waals surface area contributed by atoms with Crippen LogP contribution in [0.5, 0.6) is 0 Å². The molecule has 0 aliphatic heterocycles. The summed E-state index contributed by atoms with van der Waals surface area (Å²) in [5, 5.41) is 14.9. The molecule has 7 heteroatoms. The lowest BCUT2D eigenvalue weighted by Gasteiger charge is -1.97. The number of non-ortho nitro benzene ring substituents is 1. The first kappa shape index (κ1) is 12.4. The zero-order chi connectivity index (χ0) is 13.1. The fraction of sp³-hybridized carbons (Fsp3) is 0.0909. The smallest absolute Gasteiger partial charge is 0.258 e. The number of nitro groups is 1. The van der Waals surface area contributed by atoms with Crippen molar-refractivity contribution in [1.82, 2.24) is 14.8 Å². The molecule has 2 rings (SSSR count). The van der Waals surface area contributed by atoms with Crippen LogP contribution in [0.4, 0.5) is 5.69 Å². The predicted octanol–water partition coefficient (Wildman–Crippen LogP) is 2.76. The number of rotatable bonds is 4. The molecule has 0 spiro atoms. The van der Waals surface area contributed by atoms with E-state index >= 15 is 0 Å².